The van der Waals surface area contributed by atoms with Crippen molar-refractivity contribution in [1.29, 1.82) is 0 Å². The smallest absolute Gasteiger partial charge is 0.256 e. The molecule has 4 rings (SSSR count). The molecule has 10 heteroatoms. The highest BCUT2D eigenvalue weighted by molar-refractivity contribution is 6.34. The van der Waals surface area contributed by atoms with E-state index in [0.717, 1.165) is 25.3 Å². The molecule has 1 aliphatic carbocycles. The van der Waals surface area contributed by atoms with Gasteiger partial charge in [0.2, 0.25) is 0 Å². The lowest BCUT2D eigenvalue weighted by Gasteiger charge is -2.29. The topological polar surface area (TPSA) is 69.8 Å². The van der Waals surface area contributed by atoms with Crippen molar-refractivity contribution >= 4 is 34.2 Å². The quantitative estimate of drug-likeness (QED) is 0.264. The van der Waals surface area contributed by atoms with Crippen LogP contribution in [0.3, 0.4) is 0 Å². The number of hydrogen-bond acceptors (Lipinski definition) is 3. The summed E-state index contributed by atoms with van der Waals surface area (Å²) in [6.45, 7) is 1.68. The molecule has 3 N–H and O–H groups in total. The lowest BCUT2D eigenvalue weighted by atomic mass is 9.86. The first-order valence-electron chi connectivity index (χ1n) is 10.3. The second-order valence-corrected chi connectivity index (χ2v) is 8.47. The molecule has 1 amide bonds. The fraction of sp³-hybridized carbons (Fsp3) is 0.364. The Hall–Kier alpha value is -2.81. The van der Waals surface area contributed by atoms with Gasteiger partial charge in [-0.05, 0) is 56.7 Å². The van der Waals surface area contributed by atoms with Crippen LogP contribution in [0.15, 0.2) is 18.2 Å². The predicted molar refractivity (Wildman–Crippen MR) is 114 cm³/mol. The Morgan fingerprint density at radius 2 is 1.84 bits per heavy atom. The van der Waals surface area contributed by atoms with E-state index in [0.29, 0.717) is 36.5 Å². The number of H-pyrrole nitrogens is 1. The Balaban J connectivity index is 1.33. The highest BCUT2D eigenvalue weighted by Crippen LogP contribution is 2.30. The van der Waals surface area contributed by atoms with Crippen LogP contribution in [0.25, 0.3) is 10.9 Å². The summed E-state index contributed by atoms with van der Waals surface area (Å²) in [4.78, 5) is 12.5. The molecule has 0 saturated heterocycles. The largest absolute Gasteiger partial charge is 0.368 e. The molecule has 1 aliphatic rings. The maximum atomic E-state index is 14.3. The van der Waals surface area contributed by atoms with Crippen LogP contribution in [0.5, 0.6) is 0 Å². The standard InChI is InChI=1S/C22H21ClF4N4O/c1-10-18(25)16(17(23)20(27)19(10)26)22(32)29-13-5-2-11(3-6-13)9-28-21-14-8-12(24)4-7-15(14)30-31-21/h4,7-8,11,13H,2-3,5-6,9H2,1H3,(H,29,32)(H2,28,30,31). The fourth-order valence-corrected chi connectivity index (χ4v) is 4.33. The maximum absolute atomic E-state index is 14.3. The van der Waals surface area contributed by atoms with Crippen molar-refractivity contribution in [2.24, 2.45) is 5.92 Å². The number of fused-ring (bicyclic) bond motifs is 1. The van der Waals surface area contributed by atoms with Gasteiger partial charge in [0.25, 0.3) is 5.91 Å². The molecular weight excluding hydrogens is 448 g/mol. The first-order valence-corrected chi connectivity index (χ1v) is 10.6. The highest BCUT2D eigenvalue weighted by Gasteiger charge is 2.29. The number of anilines is 1. The molecule has 0 spiro atoms. The zero-order chi connectivity index (χ0) is 23.0. The van der Waals surface area contributed by atoms with Gasteiger partial charge < -0.3 is 10.6 Å². The normalized spacial score (nSPS) is 18.7. The molecule has 1 aromatic heterocycles. The van der Waals surface area contributed by atoms with Crippen molar-refractivity contribution in [3.63, 3.8) is 0 Å². The summed E-state index contributed by atoms with van der Waals surface area (Å²) in [7, 11) is 0. The number of carbonyl (C=O) groups is 1. The van der Waals surface area contributed by atoms with E-state index in [1.165, 1.54) is 12.1 Å². The van der Waals surface area contributed by atoms with Gasteiger partial charge >= 0.3 is 0 Å². The monoisotopic (exact) mass is 468 g/mol. The van der Waals surface area contributed by atoms with Crippen LogP contribution < -0.4 is 10.6 Å². The maximum Gasteiger partial charge on any atom is 0.256 e. The molecule has 1 saturated carbocycles. The van der Waals surface area contributed by atoms with Gasteiger partial charge in [-0.15, -0.1) is 0 Å². The molecule has 1 fully saturated rings. The van der Waals surface area contributed by atoms with Crippen LogP contribution in [0, 0.1) is 36.1 Å². The van der Waals surface area contributed by atoms with E-state index in [4.69, 9.17) is 11.6 Å². The van der Waals surface area contributed by atoms with E-state index < -0.39 is 39.5 Å². The lowest BCUT2D eigenvalue weighted by Crippen LogP contribution is -2.39. The number of aromatic nitrogens is 2. The average molecular weight is 469 g/mol. The minimum Gasteiger partial charge on any atom is -0.368 e. The number of aromatic amines is 1. The Kier molecular flexibility index (Phi) is 6.28. The van der Waals surface area contributed by atoms with Crippen molar-refractivity contribution in [2.75, 3.05) is 11.9 Å². The van der Waals surface area contributed by atoms with Crippen LogP contribution in [0.1, 0.15) is 41.6 Å². The number of amides is 1. The SMILES string of the molecule is Cc1c(F)c(F)c(Cl)c(C(=O)NC2CCC(CNc3n[nH]c4ccc(F)cc34)CC2)c1F. The number of carbonyl (C=O) groups excluding carboxylic acids is 1. The van der Waals surface area contributed by atoms with Crippen molar-refractivity contribution in [3.05, 3.63) is 57.6 Å². The first-order chi connectivity index (χ1) is 15.3. The molecule has 0 unspecified atom stereocenters. The summed E-state index contributed by atoms with van der Waals surface area (Å²) in [6.07, 6.45) is 2.83. The molecule has 0 radical (unpaired) electrons. The molecule has 32 heavy (non-hydrogen) atoms. The third kappa shape index (κ3) is 4.26. The number of nitrogens with one attached hydrogen (secondary N) is 3. The first kappa shape index (κ1) is 22.4. The molecule has 1 heterocycles. The number of benzene rings is 2. The van der Waals surface area contributed by atoms with Gasteiger partial charge in [0.1, 0.15) is 11.6 Å². The van der Waals surface area contributed by atoms with Gasteiger partial charge in [-0.3, -0.25) is 9.89 Å². The Labute approximate surface area is 186 Å². The Morgan fingerprint density at radius 1 is 1.12 bits per heavy atom. The summed E-state index contributed by atoms with van der Waals surface area (Å²) in [5, 5.41) is 12.8. The van der Waals surface area contributed by atoms with Gasteiger partial charge in [0, 0.05) is 23.5 Å². The summed E-state index contributed by atoms with van der Waals surface area (Å²) in [5.41, 5.74) is -0.527. The van der Waals surface area contributed by atoms with E-state index in [2.05, 4.69) is 20.8 Å². The lowest BCUT2D eigenvalue weighted by molar-refractivity contribution is 0.0918. The molecule has 5 nitrogen and oxygen atoms in total. The number of halogens is 5. The molecular formula is C22H21ClF4N4O. The molecule has 0 atom stereocenters. The van der Waals surface area contributed by atoms with E-state index in [9.17, 15) is 22.4 Å². The van der Waals surface area contributed by atoms with Gasteiger partial charge in [0.05, 0.1) is 16.1 Å². The van der Waals surface area contributed by atoms with Gasteiger partial charge in [0.15, 0.2) is 17.5 Å². The van der Waals surface area contributed by atoms with E-state index in [1.54, 1.807) is 6.07 Å². The number of hydrogen-bond donors (Lipinski definition) is 3. The second-order valence-electron chi connectivity index (χ2n) is 8.09. The third-order valence-corrected chi connectivity index (χ3v) is 6.33. The van der Waals surface area contributed by atoms with Crippen LogP contribution >= 0.6 is 11.6 Å². The zero-order valence-electron chi connectivity index (χ0n) is 17.2. The molecule has 2 aromatic carbocycles. The van der Waals surface area contributed by atoms with Gasteiger partial charge in [-0.2, -0.15) is 5.10 Å². The minimum absolute atomic E-state index is 0.233. The fourth-order valence-electron chi connectivity index (χ4n) is 4.08. The minimum atomic E-state index is -1.43. The van der Waals surface area contributed by atoms with E-state index in [-0.39, 0.29) is 11.9 Å². The molecule has 0 aliphatic heterocycles. The van der Waals surface area contributed by atoms with Crippen LogP contribution in [-0.4, -0.2) is 28.7 Å². The van der Waals surface area contributed by atoms with Crippen molar-refractivity contribution in [3.8, 4) is 0 Å². The molecule has 3 aromatic rings. The van der Waals surface area contributed by atoms with Crippen LogP contribution in [0.2, 0.25) is 5.02 Å². The van der Waals surface area contributed by atoms with Crippen molar-refractivity contribution in [2.45, 2.75) is 38.6 Å². The van der Waals surface area contributed by atoms with Gasteiger partial charge in [-0.25, -0.2) is 17.6 Å². The summed E-state index contributed by atoms with van der Waals surface area (Å²) < 4.78 is 55.3. The second kappa shape index (κ2) is 8.97. The number of rotatable bonds is 5. The average Bonchev–Trinajstić information content (AvgIpc) is 3.18. The van der Waals surface area contributed by atoms with E-state index in [1.807, 2.05) is 0 Å². The molecule has 170 valence electrons. The van der Waals surface area contributed by atoms with Crippen LogP contribution in [0.4, 0.5) is 23.4 Å². The highest BCUT2D eigenvalue weighted by atomic mass is 35.5. The zero-order valence-corrected chi connectivity index (χ0v) is 17.9. The Morgan fingerprint density at radius 3 is 2.56 bits per heavy atom. The van der Waals surface area contributed by atoms with Gasteiger partial charge in [-0.1, -0.05) is 11.6 Å². The van der Waals surface area contributed by atoms with Crippen LogP contribution in [-0.2, 0) is 0 Å². The summed E-state index contributed by atoms with van der Waals surface area (Å²) in [6, 6.07) is 4.17. The predicted octanol–water partition coefficient (Wildman–Crippen LogP) is 5.48. The Bertz CT molecular complexity index is 1150. The van der Waals surface area contributed by atoms with Crippen molar-refractivity contribution < 1.29 is 22.4 Å². The summed E-state index contributed by atoms with van der Waals surface area (Å²) >= 11 is 5.70. The third-order valence-electron chi connectivity index (χ3n) is 5.97. The van der Waals surface area contributed by atoms with Crippen molar-refractivity contribution in [1.82, 2.24) is 15.5 Å². The van der Waals surface area contributed by atoms with E-state index >= 15 is 0 Å². The molecule has 0 bridgehead atoms. The number of nitrogens with zero attached hydrogens (tertiary/aromatic N) is 1. The summed E-state index contributed by atoms with van der Waals surface area (Å²) in [5.74, 6) is -4.32.